The molecular formula is C19H20F2N2O2. The number of hydrogen-bond donors (Lipinski definition) is 2. The van der Waals surface area contributed by atoms with Crippen LogP contribution in [-0.4, -0.2) is 11.8 Å². The molecule has 0 aliphatic heterocycles. The van der Waals surface area contributed by atoms with E-state index in [1.807, 2.05) is 31.2 Å². The van der Waals surface area contributed by atoms with E-state index in [-0.39, 0.29) is 5.69 Å². The summed E-state index contributed by atoms with van der Waals surface area (Å²) < 4.78 is 26.2. The van der Waals surface area contributed by atoms with Crippen molar-refractivity contribution in [2.45, 2.75) is 27.3 Å². The highest BCUT2D eigenvalue weighted by Crippen LogP contribution is 2.20. The summed E-state index contributed by atoms with van der Waals surface area (Å²) in [7, 11) is 0. The van der Waals surface area contributed by atoms with Crippen LogP contribution < -0.4 is 10.6 Å². The molecule has 25 heavy (non-hydrogen) atoms. The first-order valence-electron chi connectivity index (χ1n) is 7.80. The van der Waals surface area contributed by atoms with E-state index in [2.05, 4.69) is 10.6 Å². The lowest BCUT2D eigenvalue weighted by Gasteiger charge is -2.23. The Kier molecular flexibility index (Phi) is 5.51. The van der Waals surface area contributed by atoms with Crippen LogP contribution in [0.2, 0.25) is 0 Å². The summed E-state index contributed by atoms with van der Waals surface area (Å²) in [6.45, 7) is 5.18. The van der Waals surface area contributed by atoms with Gasteiger partial charge in [-0.25, -0.2) is 8.78 Å². The van der Waals surface area contributed by atoms with Crippen LogP contribution in [0.3, 0.4) is 0 Å². The number of halogens is 2. The first-order chi connectivity index (χ1) is 11.7. The third-order valence-electron chi connectivity index (χ3n) is 3.85. The molecule has 0 fully saturated rings. The molecule has 0 aromatic heterocycles. The van der Waals surface area contributed by atoms with Gasteiger partial charge in [-0.05, 0) is 38.5 Å². The quantitative estimate of drug-likeness (QED) is 0.814. The van der Waals surface area contributed by atoms with E-state index in [9.17, 15) is 18.4 Å². The number of amides is 2. The second-order valence-electron chi connectivity index (χ2n) is 6.38. The molecule has 132 valence electrons. The molecule has 0 unspecified atom stereocenters. The third-order valence-corrected chi connectivity index (χ3v) is 3.85. The number of aryl methyl sites for hydroxylation is 1. The van der Waals surface area contributed by atoms with Gasteiger partial charge < -0.3 is 10.6 Å². The predicted molar refractivity (Wildman–Crippen MR) is 91.8 cm³/mol. The number of hydrogen-bond acceptors (Lipinski definition) is 2. The molecule has 0 saturated heterocycles. The zero-order valence-corrected chi connectivity index (χ0v) is 14.3. The highest BCUT2D eigenvalue weighted by atomic mass is 19.2. The van der Waals surface area contributed by atoms with Crippen LogP contribution in [0.15, 0.2) is 42.5 Å². The van der Waals surface area contributed by atoms with Crippen molar-refractivity contribution in [3.05, 3.63) is 65.2 Å². The van der Waals surface area contributed by atoms with Gasteiger partial charge in [-0.1, -0.05) is 29.8 Å². The molecule has 0 bridgehead atoms. The summed E-state index contributed by atoms with van der Waals surface area (Å²) in [6, 6.07) is 10.7. The highest BCUT2D eigenvalue weighted by Gasteiger charge is 2.36. The van der Waals surface area contributed by atoms with E-state index < -0.39 is 28.9 Å². The maximum atomic E-state index is 13.2. The molecule has 2 aromatic rings. The lowest BCUT2D eigenvalue weighted by Crippen LogP contribution is -2.44. The first-order valence-corrected chi connectivity index (χ1v) is 7.80. The summed E-state index contributed by atoms with van der Waals surface area (Å²) in [4.78, 5) is 24.7. The second kappa shape index (κ2) is 7.42. The Labute approximate surface area is 145 Å². The van der Waals surface area contributed by atoms with Crippen LogP contribution >= 0.6 is 0 Å². The van der Waals surface area contributed by atoms with Gasteiger partial charge >= 0.3 is 0 Å². The molecule has 0 radical (unpaired) electrons. The molecule has 0 spiro atoms. The molecule has 2 amide bonds. The van der Waals surface area contributed by atoms with Gasteiger partial charge in [0.15, 0.2) is 11.6 Å². The van der Waals surface area contributed by atoms with Gasteiger partial charge in [0.1, 0.15) is 5.41 Å². The minimum atomic E-state index is -1.38. The van der Waals surface area contributed by atoms with Gasteiger partial charge in [0.2, 0.25) is 11.8 Å². The Bertz CT molecular complexity index is 804. The fourth-order valence-corrected chi connectivity index (χ4v) is 2.19. The lowest BCUT2D eigenvalue weighted by molar-refractivity contribution is -0.138. The molecule has 2 aromatic carbocycles. The summed E-state index contributed by atoms with van der Waals surface area (Å²) in [5.74, 6) is -3.15. The number of nitrogens with one attached hydrogen (secondary N) is 2. The van der Waals surface area contributed by atoms with E-state index in [0.29, 0.717) is 6.54 Å². The van der Waals surface area contributed by atoms with Gasteiger partial charge in [0, 0.05) is 18.3 Å². The zero-order valence-electron chi connectivity index (χ0n) is 14.3. The van der Waals surface area contributed by atoms with Crippen LogP contribution in [0.25, 0.3) is 0 Å². The largest absolute Gasteiger partial charge is 0.351 e. The standard InChI is InChI=1S/C19H20F2N2O2/c1-12-5-4-6-13(9-12)11-22-17(24)19(2,3)18(25)23-14-7-8-15(20)16(21)10-14/h4-10H,11H2,1-3H3,(H,22,24)(H,23,25). The fourth-order valence-electron chi connectivity index (χ4n) is 2.19. The molecule has 0 atom stereocenters. The minimum Gasteiger partial charge on any atom is -0.351 e. The van der Waals surface area contributed by atoms with Crippen LogP contribution in [0.4, 0.5) is 14.5 Å². The first kappa shape index (κ1) is 18.6. The fraction of sp³-hybridized carbons (Fsp3) is 0.263. The molecular weight excluding hydrogens is 326 g/mol. The van der Waals surface area contributed by atoms with Crippen LogP contribution in [0, 0.1) is 24.0 Å². The van der Waals surface area contributed by atoms with Crippen molar-refractivity contribution in [1.82, 2.24) is 5.32 Å². The van der Waals surface area contributed by atoms with Gasteiger partial charge in [-0.2, -0.15) is 0 Å². The predicted octanol–water partition coefficient (Wildman–Crippen LogP) is 3.55. The SMILES string of the molecule is Cc1cccc(CNC(=O)C(C)(C)C(=O)Nc2ccc(F)c(F)c2)c1. The van der Waals surface area contributed by atoms with Crippen LogP contribution in [0.1, 0.15) is 25.0 Å². The smallest absolute Gasteiger partial charge is 0.239 e. The second-order valence-corrected chi connectivity index (χ2v) is 6.38. The summed E-state index contributed by atoms with van der Waals surface area (Å²) in [5.41, 5.74) is 0.699. The Hall–Kier alpha value is -2.76. The zero-order chi connectivity index (χ0) is 18.6. The molecule has 0 heterocycles. The van der Waals surface area contributed by atoms with Crippen molar-refractivity contribution < 1.29 is 18.4 Å². The summed E-state index contributed by atoms with van der Waals surface area (Å²) in [6.07, 6.45) is 0. The molecule has 2 N–H and O–H groups in total. The van der Waals surface area contributed by atoms with Gasteiger partial charge in [-0.3, -0.25) is 9.59 Å². The molecule has 2 rings (SSSR count). The average Bonchev–Trinajstić information content (AvgIpc) is 2.56. The Morgan fingerprint density at radius 3 is 2.36 bits per heavy atom. The van der Waals surface area contributed by atoms with Crippen molar-refractivity contribution in [2.24, 2.45) is 5.41 Å². The summed E-state index contributed by atoms with van der Waals surface area (Å²) in [5, 5.41) is 5.15. The van der Waals surface area contributed by atoms with E-state index in [1.165, 1.54) is 19.9 Å². The Morgan fingerprint density at radius 2 is 1.72 bits per heavy atom. The maximum absolute atomic E-state index is 13.2. The van der Waals surface area contributed by atoms with Crippen molar-refractivity contribution >= 4 is 17.5 Å². The van der Waals surface area contributed by atoms with Crippen molar-refractivity contribution in [3.63, 3.8) is 0 Å². The molecule has 0 aliphatic carbocycles. The lowest BCUT2D eigenvalue weighted by atomic mass is 9.90. The number of anilines is 1. The van der Waals surface area contributed by atoms with Crippen LogP contribution in [0.5, 0.6) is 0 Å². The van der Waals surface area contributed by atoms with Gasteiger partial charge in [0.05, 0.1) is 0 Å². The van der Waals surface area contributed by atoms with Gasteiger partial charge in [-0.15, -0.1) is 0 Å². The Morgan fingerprint density at radius 1 is 1.00 bits per heavy atom. The maximum Gasteiger partial charge on any atom is 0.239 e. The van der Waals surface area contributed by atoms with Gasteiger partial charge in [0.25, 0.3) is 0 Å². The monoisotopic (exact) mass is 346 g/mol. The van der Waals surface area contributed by atoms with Crippen molar-refractivity contribution in [2.75, 3.05) is 5.32 Å². The molecule has 4 nitrogen and oxygen atoms in total. The van der Waals surface area contributed by atoms with E-state index in [0.717, 1.165) is 23.3 Å². The van der Waals surface area contributed by atoms with E-state index in [1.54, 1.807) is 0 Å². The number of carbonyl (C=O) groups is 2. The topological polar surface area (TPSA) is 58.2 Å². The normalized spacial score (nSPS) is 11.1. The van der Waals surface area contributed by atoms with E-state index >= 15 is 0 Å². The minimum absolute atomic E-state index is 0.0865. The van der Waals surface area contributed by atoms with Crippen LogP contribution in [-0.2, 0) is 16.1 Å². The average molecular weight is 346 g/mol. The number of carbonyl (C=O) groups excluding carboxylic acids is 2. The Balaban J connectivity index is 2.01. The third kappa shape index (κ3) is 4.62. The molecule has 6 heteroatoms. The highest BCUT2D eigenvalue weighted by molar-refractivity contribution is 6.09. The van der Waals surface area contributed by atoms with Crippen molar-refractivity contribution in [3.8, 4) is 0 Å². The summed E-state index contributed by atoms with van der Waals surface area (Å²) >= 11 is 0. The van der Waals surface area contributed by atoms with E-state index in [4.69, 9.17) is 0 Å². The molecule has 0 aliphatic rings. The molecule has 0 saturated carbocycles. The number of benzene rings is 2. The number of rotatable bonds is 5. The van der Waals surface area contributed by atoms with Crippen molar-refractivity contribution in [1.29, 1.82) is 0 Å².